The molecule has 0 saturated carbocycles. The molecule has 0 aromatic heterocycles. The van der Waals surface area contributed by atoms with Gasteiger partial charge in [0.1, 0.15) is 24.4 Å². The zero-order valence-electron chi connectivity index (χ0n) is 17.2. The van der Waals surface area contributed by atoms with Crippen LogP contribution < -0.4 is 0 Å². The number of rotatable bonds is 17. The first kappa shape index (κ1) is 24.6. The first-order chi connectivity index (χ1) is 13.2. The predicted molar refractivity (Wildman–Crippen MR) is 109 cm³/mol. The predicted octanol–water partition coefficient (Wildman–Crippen LogP) is 3.74. The molecule has 160 valence electrons. The van der Waals surface area contributed by atoms with Crippen LogP contribution in [-0.2, 0) is 9.47 Å². The fraction of sp³-hybridized carbons (Fsp3) is 0.909. The lowest BCUT2D eigenvalue weighted by Gasteiger charge is -2.20. The summed E-state index contributed by atoms with van der Waals surface area (Å²) in [6.07, 6.45) is 16.1. The Labute approximate surface area is 165 Å². The van der Waals surface area contributed by atoms with E-state index in [-0.39, 0.29) is 13.2 Å². The van der Waals surface area contributed by atoms with Crippen LogP contribution in [0.3, 0.4) is 0 Å². The van der Waals surface area contributed by atoms with E-state index < -0.39 is 24.4 Å². The van der Waals surface area contributed by atoms with Crippen molar-refractivity contribution < 1.29 is 24.8 Å². The van der Waals surface area contributed by atoms with Crippen molar-refractivity contribution in [3.8, 4) is 0 Å². The minimum absolute atomic E-state index is 0.0676. The highest BCUT2D eigenvalue weighted by atomic mass is 16.5. The Balaban J connectivity index is 1.80. The Kier molecular flexibility index (Phi) is 15.0. The number of hydrogen-bond acceptors (Lipinski definition) is 5. The van der Waals surface area contributed by atoms with E-state index in [9.17, 15) is 15.3 Å². The van der Waals surface area contributed by atoms with E-state index in [1.54, 1.807) is 0 Å². The van der Waals surface area contributed by atoms with E-state index in [2.05, 4.69) is 19.1 Å². The number of ether oxygens (including phenoxy) is 2. The average Bonchev–Trinajstić information content (AvgIpc) is 3.00. The number of hydrogen-bond donors (Lipinski definition) is 3. The van der Waals surface area contributed by atoms with E-state index >= 15 is 0 Å². The molecule has 0 amide bonds. The summed E-state index contributed by atoms with van der Waals surface area (Å²) in [6, 6.07) is 0. The summed E-state index contributed by atoms with van der Waals surface area (Å²) in [5.74, 6) is 0. The third-order valence-corrected chi connectivity index (χ3v) is 5.16. The summed E-state index contributed by atoms with van der Waals surface area (Å²) in [5, 5.41) is 29.0. The normalized spacial score (nSPS) is 24.1. The van der Waals surface area contributed by atoms with Gasteiger partial charge in [0.05, 0.1) is 13.2 Å². The van der Waals surface area contributed by atoms with Gasteiger partial charge in [-0.15, -0.1) is 0 Å². The smallest absolute Gasteiger partial charge is 0.114 e. The van der Waals surface area contributed by atoms with Crippen LogP contribution in [-0.4, -0.2) is 59.6 Å². The van der Waals surface area contributed by atoms with Gasteiger partial charge in [-0.1, -0.05) is 64.0 Å². The van der Waals surface area contributed by atoms with Crippen molar-refractivity contribution in [3.05, 3.63) is 12.2 Å². The molecule has 1 rings (SSSR count). The Morgan fingerprint density at radius 2 is 1.52 bits per heavy atom. The number of unbranched alkanes of at least 4 members (excludes halogenated alkanes) is 10. The second-order valence-corrected chi connectivity index (χ2v) is 7.73. The van der Waals surface area contributed by atoms with Crippen molar-refractivity contribution in [3.63, 3.8) is 0 Å². The van der Waals surface area contributed by atoms with Gasteiger partial charge in [0.15, 0.2) is 0 Å². The van der Waals surface area contributed by atoms with E-state index in [4.69, 9.17) is 9.47 Å². The molecular formula is C22H42O5. The Hall–Kier alpha value is -0.460. The highest BCUT2D eigenvalue weighted by Gasteiger charge is 2.39. The molecule has 0 aromatic rings. The second kappa shape index (κ2) is 16.5. The van der Waals surface area contributed by atoms with Crippen LogP contribution in [0.4, 0.5) is 0 Å². The zero-order chi connectivity index (χ0) is 19.7. The molecule has 1 aliphatic heterocycles. The van der Waals surface area contributed by atoms with Gasteiger partial charge in [-0.25, -0.2) is 0 Å². The molecule has 0 bridgehead atoms. The summed E-state index contributed by atoms with van der Waals surface area (Å²) in [6.45, 7) is 3.07. The standard InChI is InChI=1S/C22H42O5/c1-2-3-4-5-6-7-8-9-10-11-12-13-14-15-16-26-17-20(24)22-21(25)19(23)18-27-22/h6-7,19-25H,2-5,8-18H2,1H3/b7-6+/t19-,20+,21-,22-/m1/s1. The van der Waals surface area contributed by atoms with Gasteiger partial charge < -0.3 is 24.8 Å². The highest BCUT2D eigenvalue weighted by Crippen LogP contribution is 2.18. The molecule has 27 heavy (non-hydrogen) atoms. The average molecular weight is 387 g/mol. The SMILES string of the molecule is CCCCC/C=C/CCCCCCCCCOC[C@H](O)[C@H]1OC[C@@H](O)[C@H]1O. The van der Waals surface area contributed by atoms with Crippen LogP contribution in [0, 0.1) is 0 Å². The monoisotopic (exact) mass is 386 g/mol. The largest absolute Gasteiger partial charge is 0.388 e. The van der Waals surface area contributed by atoms with Crippen molar-refractivity contribution >= 4 is 0 Å². The van der Waals surface area contributed by atoms with Crippen molar-refractivity contribution in [1.82, 2.24) is 0 Å². The van der Waals surface area contributed by atoms with Crippen molar-refractivity contribution in [2.75, 3.05) is 19.8 Å². The fourth-order valence-electron chi connectivity index (χ4n) is 3.36. The molecule has 1 aliphatic rings. The molecule has 1 saturated heterocycles. The lowest BCUT2D eigenvalue weighted by molar-refractivity contribution is -0.0813. The van der Waals surface area contributed by atoms with Crippen LogP contribution in [0.25, 0.3) is 0 Å². The molecule has 0 aliphatic carbocycles. The summed E-state index contributed by atoms with van der Waals surface area (Å²) >= 11 is 0. The van der Waals surface area contributed by atoms with Gasteiger partial charge in [0.2, 0.25) is 0 Å². The van der Waals surface area contributed by atoms with Gasteiger partial charge >= 0.3 is 0 Å². The first-order valence-corrected chi connectivity index (χ1v) is 11.0. The molecule has 3 N–H and O–H groups in total. The van der Waals surface area contributed by atoms with Gasteiger partial charge in [-0.3, -0.25) is 0 Å². The van der Waals surface area contributed by atoms with Crippen LogP contribution >= 0.6 is 0 Å². The molecule has 0 aromatic carbocycles. The molecule has 0 radical (unpaired) electrons. The van der Waals surface area contributed by atoms with Crippen LogP contribution in [0.2, 0.25) is 0 Å². The number of aliphatic hydroxyl groups is 3. The van der Waals surface area contributed by atoms with E-state index in [0.29, 0.717) is 6.61 Å². The van der Waals surface area contributed by atoms with Gasteiger partial charge in [-0.05, 0) is 32.1 Å². The van der Waals surface area contributed by atoms with Crippen LogP contribution in [0.1, 0.15) is 84.0 Å². The minimum atomic E-state index is -1.03. The zero-order valence-corrected chi connectivity index (χ0v) is 17.2. The van der Waals surface area contributed by atoms with Crippen molar-refractivity contribution in [1.29, 1.82) is 0 Å². The highest BCUT2D eigenvalue weighted by molar-refractivity contribution is 4.87. The fourth-order valence-corrected chi connectivity index (χ4v) is 3.36. The first-order valence-electron chi connectivity index (χ1n) is 11.0. The quantitative estimate of drug-likeness (QED) is 0.262. The molecule has 4 atom stereocenters. The summed E-state index contributed by atoms with van der Waals surface area (Å²) < 4.78 is 10.7. The third-order valence-electron chi connectivity index (χ3n) is 5.16. The Morgan fingerprint density at radius 1 is 0.926 bits per heavy atom. The number of aliphatic hydroxyl groups excluding tert-OH is 3. The van der Waals surface area contributed by atoms with Crippen LogP contribution in [0.15, 0.2) is 12.2 Å². The maximum absolute atomic E-state index is 9.93. The molecule has 1 heterocycles. The van der Waals surface area contributed by atoms with E-state index in [1.165, 1.54) is 64.2 Å². The van der Waals surface area contributed by atoms with Crippen molar-refractivity contribution in [2.24, 2.45) is 0 Å². The molecule has 5 heteroatoms. The molecule has 5 nitrogen and oxygen atoms in total. The third kappa shape index (κ3) is 11.9. The van der Waals surface area contributed by atoms with E-state index in [0.717, 1.165) is 12.8 Å². The van der Waals surface area contributed by atoms with Gasteiger partial charge in [0, 0.05) is 6.61 Å². The Morgan fingerprint density at radius 3 is 2.11 bits per heavy atom. The van der Waals surface area contributed by atoms with Gasteiger partial charge in [0.25, 0.3) is 0 Å². The molecule has 0 spiro atoms. The summed E-state index contributed by atoms with van der Waals surface area (Å²) in [5.41, 5.74) is 0. The maximum atomic E-state index is 9.93. The second-order valence-electron chi connectivity index (χ2n) is 7.73. The Bertz CT molecular complexity index is 361. The maximum Gasteiger partial charge on any atom is 0.114 e. The van der Waals surface area contributed by atoms with Gasteiger partial charge in [-0.2, -0.15) is 0 Å². The summed E-state index contributed by atoms with van der Waals surface area (Å²) in [4.78, 5) is 0. The van der Waals surface area contributed by atoms with Crippen LogP contribution in [0.5, 0.6) is 0 Å². The lowest BCUT2D eigenvalue weighted by Crippen LogP contribution is -2.40. The minimum Gasteiger partial charge on any atom is -0.388 e. The number of allylic oxidation sites excluding steroid dienone is 2. The lowest BCUT2D eigenvalue weighted by atomic mass is 10.1. The molecule has 1 fully saturated rings. The topological polar surface area (TPSA) is 79.2 Å². The summed E-state index contributed by atoms with van der Waals surface area (Å²) in [7, 11) is 0. The molecule has 0 unspecified atom stereocenters. The van der Waals surface area contributed by atoms with E-state index in [1.807, 2.05) is 0 Å². The molecular weight excluding hydrogens is 344 g/mol. The van der Waals surface area contributed by atoms with Crippen molar-refractivity contribution in [2.45, 2.75) is 108 Å².